The van der Waals surface area contributed by atoms with Crippen molar-refractivity contribution in [1.82, 2.24) is 5.32 Å². The van der Waals surface area contributed by atoms with E-state index in [-0.39, 0.29) is 23.7 Å². The molecule has 11 heavy (non-hydrogen) atoms. The molecular weight excluding hydrogens is 142 g/mol. The van der Waals surface area contributed by atoms with E-state index in [1.807, 2.05) is 0 Å². The van der Waals surface area contributed by atoms with E-state index in [2.05, 4.69) is 11.9 Å². The largest absolute Gasteiger partial charge is 0.296 e. The average Bonchev–Trinajstić information content (AvgIpc) is 2.38. The molecule has 0 radical (unpaired) electrons. The molecule has 2 amide bonds. The van der Waals surface area contributed by atoms with Crippen LogP contribution in [-0.2, 0) is 9.59 Å². The predicted molar refractivity (Wildman–Crippen MR) is 38.5 cm³/mol. The minimum atomic E-state index is -0.112. The quantitative estimate of drug-likeness (QED) is 0.398. The first kappa shape index (κ1) is 6.58. The van der Waals surface area contributed by atoms with E-state index in [4.69, 9.17) is 0 Å². The van der Waals surface area contributed by atoms with Gasteiger partial charge in [0.1, 0.15) is 0 Å². The topological polar surface area (TPSA) is 46.2 Å². The first-order valence-electron chi connectivity index (χ1n) is 3.70. The van der Waals surface area contributed by atoms with Crippen LogP contribution in [0.3, 0.4) is 0 Å². The van der Waals surface area contributed by atoms with Crippen molar-refractivity contribution in [1.29, 1.82) is 0 Å². The van der Waals surface area contributed by atoms with Crippen LogP contribution in [0.2, 0.25) is 0 Å². The number of hydrogen-bond donors (Lipinski definition) is 1. The van der Waals surface area contributed by atoms with Gasteiger partial charge in [-0.05, 0) is 12.8 Å². The van der Waals surface area contributed by atoms with Crippen molar-refractivity contribution in [3.63, 3.8) is 0 Å². The molecule has 1 heterocycles. The lowest BCUT2D eigenvalue weighted by Crippen LogP contribution is -2.23. The number of amides is 2. The molecule has 2 fully saturated rings. The van der Waals surface area contributed by atoms with Gasteiger partial charge in [0, 0.05) is 0 Å². The van der Waals surface area contributed by atoms with Gasteiger partial charge in [0.05, 0.1) is 11.8 Å². The number of carbonyl (C=O) groups is 2. The Morgan fingerprint density at radius 2 is 1.64 bits per heavy atom. The Balaban J connectivity index is 2.29. The van der Waals surface area contributed by atoms with Crippen molar-refractivity contribution in [3.8, 4) is 0 Å². The molecule has 0 bridgehead atoms. The molecule has 2 aliphatic rings. The smallest absolute Gasteiger partial charge is 0.230 e. The first-order chi connectivity index (χ1) is 5.18. The molecule has 0 aromatic rings. The van der Waals surface area contributed by atoms with E-state index in [1.165, 1.54) is 0 Å². The van der Waals surface area contributed by atoms with E-state index in [1.54, 1.807) is 0 Å². The number of rotatable bonds is 0. The highest BCUT2D eigenvalue weighted by molar-refractivity contribution is 6.05. The third-order valence-corrected chi connectivity index (χ3v) is 2.42. The molecule has 1 saturated heterocycles. The highest BCUT2D eigenvalue weighted by atomic mass is 16.2. The molecule has 0 spiro atoms. The Morgan fingerprint density at radius 1 is 1.18 bits per heavy atom. The first-order valence-corrected chi connectivity index (χ1v) is 3.70. The predicted octanol–water partition coefficient (Wildman–Crippen LogP) is 0.225. The fourth-order valence-corrected chi connectivity index (χ4v) is 1.85. The van der Waals surface area contributed by atoms with E-state index < -0.39 is 0 Å². The standard InChI is InChI=1S/C8H9NO2/c1-4-2-5-6(3-4)8(11)9-7(5)10/h5-6H,1-3H2,(H,9,10,11). The zero-order valence-corrected chi connectivity index (χ0v) is 6.09. The number of fused-ring (bicyclic) bond motifs is 1. The van der Waals surface area contributed by atoms with Gasteiger partial charge in [0.25, 0.3) is 0 Å². The highest BCUT2D eigenvalue weighted by Gasteiger charge is 2.45. The average molecular weight is 151 g/mol. The summed E-state index contributed by atoms with van der Waals surface area (Å²) in [6.45, 7) is 3.77. The van der Waals surface area contributed by atoms with Gasteiger partial charge >= 0.3 is 0 Å². The molecule has 2 unspecified atom stereocenters. The van der Waals surface area contributed by atoms with Gasteiger partial charge in [0.15, 0.2) is 0 Å². The Labute approximate surface area is 64.5 Å². The molecule has 1 N–H and O–H groups in total. The molecule has 2 rings (SSSR count). The number of imide groups is 1. The minimum Gasteiger partial charge on any atom is -0.296 e. The van der Waals surface area contributed by atoms with Crippen molar-refractivity contribution < 1.29 is 9.59 Å². The molecule has 58 valence electrons. The zero-order valence-electron chi connectivity index (χ0n) is 6.09. The molecule has 0 aromatic carbocycles. The zero-order chi connectivity index (χ0) is 8.01. The Bertz CT molecular complexity index is 233. The third-order valence-electron chi connectivity index (χ3n) is 2.42. The summed E-state index contributed by atoms with van der Waals surface area (Å²) < 4.78 is 0. The number of nitrogens with one attached hydrogen (secondary N) is 1. The van der Waals surface area contributed by atoms with Crippen LogP contribution in [0.1, 0.15) is 12.8 Å². The summed E-state index contributed by atoms with van der Waals surface area (Å²) in [5.41, 5.74) is 1.03. The lowest BCUT2D eigenvalue weighted by atomic mass is 10.00. The maximum absolute atomic E-state index is 11.0. The van der Waals surface area contributed by atoms with Crippen LogP contribution in [0.5, 0.6) is 0 Å². The number of hydrogen-bond acceptors (Lipinski definition) is 2. The fraction of sp³-hybridized carbons (Fsp3) is 0.500. The van der Waals surface area contributed by atoms with Crippen molar-refractivity contribution in [2.75, 3.05) is 0 Å². The molecule has 1 saturated carbocycles. The van der Waals surface area contributed by atoms with Crippen molar-refractivity contribution >= 4 is 11.8 Å². The maximum atomic E-state index is 11.0. The van der Waals surface area contributed by atoms with E-state index >= 15 is 0 Å². The Kier molecular flexibility index (Phi) is 1.16. The number of carbonyl (C=O) groups excluding carboxylic acids is 2. The molecule has 1 aliphatic carbocycles. The lowest BCUT2D eigenvalue weighted by Gasteiger charge is -1.98. The van der Waals surface area contributed by atoms with Gasteiger partial charge < -0.3 is 0 Å². The third kappa shape index (κ3) is 0.803. The van der Waals surface area contributed by atoms with Gasteiger partial charge in [-0.25, -0.2) is 0 Å². The second kappa shape index (κ2) is 1.94. The van der Waals surface area contributed by atoms with Crippen molar-refractivity contribution in [2.45, 2.75) is 12.8 Å². The normalized spacial score (nSPS) is 35.8. The number of allylic oxidation sites excluding steroid dienone is 1. The maximum Gasteiger partial charge on any atom is 0.230 e. The van der Waals surface area contributed by atoms with E-state index in [0.717, 1.165) is 5.57 Å². The Hall–Kier alpha value is -1.12. The van der Waals surface area contributed by atoms with Crippen LogP contribution < -0.4 is 5.32 Å². The molecule has 3 heteroatoms. The van der Waals surface area contributed by atoms with Crippen LogP contribution in [0.4, 0.5) is 0 Å². The second-order valence-electron chi connectivity index (χ2n) is 3.22. The summed E-state index contributed by atoms with van der Waals surface area (Å²) in [5.74, 6) is -0.428. The summed E-state index contributed by atoms with van der Waals surface area (Å²) in [6, 6.07) is 0. The van der Waals surface area contributed by atoms with Gasteiger partial charge in [-0.3, -0.25) is 14.9 Å². The summed E-state index contributed by atoms with van der Waals surface area (Å²) in [4.78, 5) is 22.1. The molecule has 0 aromatic heterocycles. The molecule has 3 nitrogen and oxygen atoms in total. The van der Waals surface area contributed by atoms with Gasteiger partial charge in [-0.15, -0.1) is 0 Å². The summed E-state index contributed by atoms with van der Waals surface area (Å²) in [5, 5.41) is 2.32. The molecular formula is C8H9NO2. The summed E-state index contributed by atoms with van der Waals surface area (Å²) >= 11 is 0. The Morgan fingerprint density at radius 3 is 2.09 bits per heavy atom. The summed E-state index contributed by atoms with van der Waals surface area (Å²) in [7, 11) is 0. The highest BCUT2D eigenvalue weighted by Crippen LogP contribution is 2.38. The van der Waals surface area contributed by atoms with Crippen LogP contribution >= 0.6 is 0 Å². The lowest BCUT2D eigenvalue weighted by molar-refractivity contribution is -0.126. The minimum absolute atomic E-state index is 0.102. The van der Waals surface area contributed by atoms with Crippen LogP contribution in [0.25, 0.3) is 0 Å². The SMILES string of the molecule is C=C1CC2C(=O)NC(=O)C2C1. The summed E-state index contributed by atoms with van der Waals surface area (Å²) in [6.07, 6.45) is 1.39. The van der Waals surface area contributed by atoms with Gasteiger partial charge in [0.2, 0.25) is 11.8 Å². The molecule has 1 aliphatic heterocycles. The second-order valence-corrected chi connectivity index (χ2v) is 3.22. The van der Waals surface area contributed by atoms with Gasteiger partial charge in [-0.2, -0.15) is 0 Å². The molecule has 2 atom stereocenters. The monoisotopic (exact) mass is 151 g/mol. The van der Waals surface area contributed by atoms with Crippen LogP contribution in [0, 0.1) is 11.8 Å². The van der Waals surface area contributed by atoms with Crippen LogP contribution in [0.15, 0.2) is 12.2 Å². The fourth-order valence-electron chi connectivity index (χ4n) is 1.85. The van der Waals surface area contributed by atoms with Crippen molar-refractivity contribution in [3.05, 3.63) is 12.2 Å². The van der Waals surface area contributed by atoms with E-state index in [9.17, 15) is 9.59 Å². The van der Waals surface area contributed by atoms with Gasteiger partial charge in [-0.1, -0.05) is 12.2 Å². The van der Waals surface area contributed by atoms with E-state index in [0.29, 0.717) is 12.8 Å². The van der Waals surface area contributed by atoms with Crippen molar-refractivity contribution in [2.24, 2.45) is 11.8 Å². The van der Waals surface area contributed by atoms with Crippen LogP contribution in [-0.4, -0.2) is 11.8 Å².